The predicted octanol–water partition coefficient (Wildman–Crippen LogP) is 4.18. The number of carbonyl (C=O) groups is 1. The molecule has 92 valence electrons. The summed E-state index contributed by atoms with van der Waals surface area (Å²) in [6, 6.07) is 8.08. The van der Waals surface area contributed by atoms with Gasteiger partial charge in [0.25, 0.3) is 0 Å². The van der Waals surface area contributed by atoms with Crippen molar-refractivity contribution in [2.75, 3.05) is 0 Å². The van der Waals surface area contributed by atoms with Crippen molar-refractivity contribution in [3.05, 3.63) is 28.7 Å². The average molecular weight is 315 g/mol. The average Bonchev–Trinajstić information content (AvgIpc) is 2.29. The van der Waals surface area contributed by atoms with Gasteiger partial charge in [0.05, 0.1) is 5.92 Å². The van der Waals surface area contributed by atoms with Crippen LogP contribution in [-0.2, 0) is 4.79 Å². The molecule has 0 amide bonds. The number of thioether (sulfide) groups is 1. The maximum absolute atomic E-state index is 11.2. The Morgan fingerprint density at radius 2 is 2.12 bits per heavy atom. The van der Waals surface area contributed by atoms with Crippen LogP contribution in [-0.4, -0.2) is 16.3 Å². The highest BCUT2D eigenvalue weighted by molar-refractivity contribution is 9.10. The molecule has 17 heavy (non-hydrogen) atoms. The smallest absolute Gasteiger partial charge is 0.307 e. The van der Waals surface area contributed by atoms with Gasteiger partial charge in [-0.05, 0) is 31.0 Å². The van der Waals surface area contributed by atoms with Gasteiger partial charge in [-0.3, -0.25) is 4.79 Å². The van der Waals surface area contributed by atoms with E-state index < -0.39 is 5.97 Å². The van der Waals surface area contributed by atoms with E-state index in [9.17, 15) is 9.90 Å². The van der Waals surface area contributed by atoms with Gasteiger partial charge in [-0.1, -0.05) is 34.8 Å². The summed E-state index contributed by atoms with van der Waals surface area (Å²) in [5.74, 6) is -0.829. The van der Waals surface area contributed by atoms with Crippen LogP contribution in [0.25, 0.3) is 0 Å². The van der Waals surface area contributed by atoms with Gasteiger partial charge < -0.3 is 5.11 Å². The minimum Gasteiger partial charge on any atom is -0.481 e. The second-order valence-electron chi connectivity index (χ2n) is 4.34. The third kappa shape index (κ3) is 3.49. The molecule has 0 heterocycles. The van der Waals surface area contributed by atoms with Crippen LogP contribution in [0.4, 0.5) is 0 Å². The van der Waals surface area contributed by atoms with Gasteiger partial charge in [-0.15, -0.1) is 11.8 Å². The summed E-state index contributed by atoms with van der Waals surface area (Å²) >= 11 is 5.15. The van der Waals surface area contributed by atoms with Gasteiger partial charge in [0.1, 0.15) is 0 Å². The summed E-state index contributed by atoms with van der Waals surface area (Å²) in [5.41, 5.74) is 0. The van der Waals surface area contributed by atoms with E-state index in [1.165, 1.54) is 0 Å². The second-order valence-corrected chi connectivity index (χ2v) is 6.57. The van der Waals surface area contributed by atoms with Gasteiger partial charge in [-0.25, -0.2) is 0 Å². The van der Waals surface area contributed by atoms with Crippen LogP contribution in [0.3, 0.4) is 0 Å². The monoisotopic (exact) mass is 314 g/mol. The Bertz CT molecular complexity index is 408. The number of hydrogen-bond donors (Lipinski definition) is 1. The molecule has 2 atom stereocenters. The first-order valence-electron chi connectivity index (χ1n) is 5.82. The van der Waals surface area contributed by atoms with Gasteiger partial charge in [0.15, 0.2) is 0 Å². The van der Waals surface area contributed by atoms with E-state index in [4.69, 9.17) is 0 Å². The molecule has 0 aliphatic heterocycles. The minimum absolute atomic E-state index is 0.187. The molecule has 1 fully saturated rings. The van der Waals surface area contributed by atoms with Crippen LogP contribution >= 0.6 is 27.7 Å². The Morgan fingerprint density at radius 1 is 1.35 bits per heavy atom. The molecule has 0 radical (unpaired) electrons. The number of carboxylic acids is 1. The Kier molecular flexibility index (Phi) is 4.51. The van der Waals surface area contributed by atoms with Crippen LogP contribution in [0, 0.1) is 5.92 Å². The van der Waals surface area contributed by atoms with E-state index >= 15 is 0 Å². The molecule has 1 aromatic carbocycles. The Balaban J connectivity index is 2.08. The maximum Gasteiger partial charge on any atom is 0.307 e. The van der Waals surface area contributed by atoms with E-state index in [0.29, 0.717) is 0 Å². The van der Waals surface area contributed by atoms with E-state index in [-0.39, 0.29) is 11.2 Å². The molecule has 2 nitrogen and oxygen atoms in total. The molecule has 1 N–H and O–H groups in total. The zero-order chi connectivity index (χ0) is 12.3. The van der Waals surface area contributed by atoms with Crippen LogP contribution in [0.15, 0.2) is 33.6 Å². The number of benzene rings is 1. The first-order valence-corrected chi connectivity index (χ1v) is 7.49. The number of rotatable bonds is 3. The van der Waals surface area contributed by atoms with E-state index in [1.807, 2.05) is 18.2 Å². The minimum atomic E-state index is -0.641. The van der Waals surface area contributed by atoms with E-state index in [2.05, 4.69) is 22.0 Å². The van der Waals surface area contributed by atoms with Crippen molar-refractivity contribution >= 4 is 33.7 Å². The highest BCUT2D eigenvalue weighted by Gasteiger charge is 2.31. The molecule has 0 saturated heterocycles. The van der Waals surface area contributed by atoms with Crippen LogP contribution < -0.4 is 0 Å². The SMILES string of the molecule is O=C(O)C1CCCCC1Sc1cccc(Br)c1. The van der Waals surface area contributed by atoms with Crippen LogP contribution in [0.2, 0.25) is 0 Å². The fourth-order valence-corrected chi connectivity index (χ4v) is 4.19. The Hall–Kier alpha value is -0.480. The summed E-state index contributed by atoms with van der Waals surface area (Å²) in [7, 11) is 0. The lowest BCUT2D eigenvalue weighted by Gasteiger charge is -2.27. The standard InChI is InChI=1S/C13H15BrO2S/c14-9-4-3-5-10(8-9)17-12-7-2-1-6-11(12)13(15)16/h3-5,8,11-12H,1-2,6-7H2,(H,15,16). The zero-order valence-corrected chi connectivity index (χ0v) is 11.8. The van der Waals surface area contributed by atoms with Crippen molar-refractivity contribution in [3.63, 3.8) is 0 Å². The zero-order valence-electron chi connectivity index (χ0n) is 9.43. The van der Waals surface area contributed by atoms with E-state index in [0.717, 1.165) is 35.1 Å². The summed E-state index contributed by atoms with van der Waals surface area (Å²) in [6.07, 6.45) is 4.02. The topological polar surface area (TPSA) is 37.3 Å². The Labute approximate surface area is 114 Å². The normalized spacial score (nSPS) is 24.5. The molecular weight excluding hydrogens is 300 g/mol. The summed E-state index contributed by atoms with van der Waals surface area (Å²) in [5, 5.41) is 9.44. The lowest BCUT2D eigenvalue weighted by Crippen LogP contribution is -2.28. The number of carboxylic acid groups (broad SMARTS) is 1. The van der Waals surface area contributed by atoms with Crippen molar-refractivity contribution < 1.29 is 9.90 Å². The first-order chi connectivity index (χ1) is 8.16. The molecular formula is C13H15BrO2S. The van der Waals surface area contributed by atoms with Gasteiger partial charge in [0, 0.05) is 14.6 Å². The van der Waals surface area contributed by atoms with E-state index in [1.54, 1.807) is 11.8 Å². The fraction of sp³-hybridized carbons (Fsp3) is 0.462. The highest BCUT2D eigenvalue weighted by atomic mass is 79.9. The third-order valence-corrected chi connectivity index (χ3v) is 4.99. The molecule has 2 rings (SSSR count). The van der Waals surface area contributed by atoms with Crippen LogP contribution in [0.1, 0.15) is 25.7 Å². The van der Waals surface area contributed by atoms with Crippen molar-refractivity contribution in [2.24, 2.45) is 5.92 Å². The quantitative estimate of drug-likeness (QED) is 0.909. The Morgan fingerprint density at radius 3 is 2.82 bits per heavy atom. The van der Waals surface area contributed by atoms with Gasteiger partial charge in [0.2, 0.25) is 0 Å². The molecule has 1 aliphatic rings. The highest BCUT2D eigenvalue weighted by Crippen LogP contribution is 2.38. The lowest BCUT2D eigenvalue weighted by molar-refractivity contribution is -0.142. The lowest BCUT2D eigenvalue weighted by atomic mass is 9.89. The fourth-order valence-electron chi connectivity index (χ4n) is 2.24. The molecule has 1 aliphatic carbocycles. The summed E-state index contributed by atoms with van der Waals surface area (Å²) < 4.78 is 1.05. The first kappa shape index (κ1) is 13.0. The van der Waals surface area contributed by atoms with Crippen molar-refractivity contribution in [3.8, 4) is 0 Å². The molecule has 0 spiro atoms. The van der Waals surface area contributed by atoms with Gasteiger partial charge >= 0.3 is 5.97 Å². The maximum atomic E-state index is 11.2. The number of aliphatic carboxylic acids is 1. The molecule has 4 heteroatoms. The number of hydrogen-bond acceptors (Lipinski definition) is 2. The van der Waals surface area contributed by atoms with Gasteiger partial charge in [-0.2, -0.15) is 0 Å². The molecule has 1 aromatic rings. The summed E-state index contributed by atoms with van der Waals surface area (Å²) in [6.45, 7) is 0. The second kappa shape index (κ2) is 5.91. The van der Waals surface area contributed by atoms with Crippen LogP contribution in [0.5, 0.6) is 0 Å². The van der Waals surface area contributed by atoms with Crippen molar-refractivity contribution in [1.82, 2.24) is 0 Å². The summed E-state index contributed by atoms with van der Waals surface area (Å²) in [4.78, 5) is 12.3. The number of halogens is 1. The largest absolute Gasteiger partial charge is 0.481 e. The predicted molar refractivity (Wildman–Crippen MR) is 73.4 cm³/mol. The molecule has 0 aromatic heterocycles. The molecule has 1 saturated carbocycles. The van der Waals surface area contributed by atoms with Crippen molar-refractivity contribution in [1.29, 1.82) is 0 Å². The third-order valence-electron chi connectivity index (χ3n) is 3.10. The van der Waals surface area contributed by atoms with Crippen molar-refractivity contribution in [2.45, 2.75) is 35.8 Å². The molecule has 2 unspecified atom stereocenters. The molecule has 0 bridgehead atoms.